The second kappa shape index (κ2) is 4.78. The van der Waals surface area contributed by atoms with Crippen molar-refractivity contribution in [2.75, 3.05) is 14.1 Å². The molecule has 0 fully saturated rings. The van der Waals surface area contributed by atoms with Gasteiger partial charge in [-0.25, -0.2) is 12.7 Å². The van der Waals surface area contributed by atoms with Crippen molar-refractivity contribution in [3.8, 4) is 5.75 Å². The van der Waals surface area contributed by atoms with Crippen LogP contribution >= 0.6 is 0 Å². The summed E-state index contributed by atoms with van der Waals surface area (Å²) in [6.07, 6.45) is -4.44. The van der Waals surface area contributed by atoms with E-state index >= 15 is 0 Å². The van der Waals surface area contributed by atoms with Crippen LogP contribution in [-0.2, 0) is 10.0 Å². The summed E-state index contributed by atoms with van der Waals surface area (Å²) in [4.78, 5) is -0.0000383. The number of fused-ring (bicyclic) bond motifs is 1. The lowest BCUT2D eigenvalue weighted by molar-refractivity contribution is -0.180. The topological polar surface area (TPSA) is 46.6 Å². The summed E-state index contributed by atoms with van der Waals surface area (Å²) in [5.74, 6) is 0.00697. The maximum atomic E-state index is 12.5. The van der Waals surface area contributed by atoms with Crippen LogP contribution in [0.4, 0.5) is 13.2 Å². The molecule has 0 bridgehead atoms. The van der Waals surface area contributed by atoms with Crippen molar-refractivity contribution < 1.29 is 26.3 Å². The van der Waals surface area contributed by atoms with E-state index in [-0.39, 0.29) is 10.6 Å². The molecule has 0 amide bonds. The van der Waals surface area contributed by atoms with E-state index in [4.69, 9.17) is 4.74 Å². The fraction of sp³-hybridized carbons (Fsp3) is 0.333. The zero-order chi connectivity index (χ0) is 15.1. The number of sulfonamides is 1. The zero-order valence-electron chi connectivity index (χ0n) is 10.7. The number of ether oxygens (including phenoxy) is 1. The summed E-state index contributed by atoms with van der Waals surface area (Å²) in [7, 11) is -0.879. The number of hydrogen-bond acceptors (Lipinski definition) is 3. The third kappa shape index (κ3) is 2.66. The summed E-state index contributed by atoms with van der Waals surface area (Å²) in [5, 5.41) is 0. The molecular weight excluding hydrogens is 295 g/mol. The van der Waals surface area contributed by atoms with Crippen molar-refractivity contribution in [2.24, 2.45) is 0 Å². The Kier molecular flexibility index (Phi) is 3.55. The van der Waals surface area contributed by atoms with Crippen molar-refractivity contribution in [2.45, 2.75) is 17.2 Å². The Morgan fingerprint density at radius 3 is 2.45 bits per heavy atom. The van der Waals surface area contributed by atoms with Gasteiger partial charge in [-0.2, -0.15) is 13.2 Å². The van der Waals surface area contributed by atoms with Crippen LogP contribution in [0, 0.1) is 0 Å². The number of benzene rings is 1. The fourth-order valence-corrected chi connectivity index (χ4v) is 2.62. The van der Waals surface area contributed by atoms with Crippen LogP contribution < -0.4 is 4.74 Å². The first-order chi connectivity index (χ1) is 9.12. The first kappa shape index (κ1) is 14.9. The van der Waals surface area contributed by atoms with Gasteiger partial charge in [0.25, 0.3) is 0 Å². The highest BCUT2D eigenvalue weighted by Crippen LogP contribution is 2.34. The molecule has 1 heterocycles. The summed E-state index contributed by atoms with van der Waals surface area (Å²) >= 11 is 0. The maximum absolute atomic E-state index is 12.5. The third-order valence-corrected chi connectivity index (χ3v) is 4.60. The molecule has 0 saturated heterocycles. The molecule has 0 aromatic heterocycles. The lowest BCUT2D eigenvalue weighted by Gasteiger charge is -2.24. The number of rotatable bonds is 2. The van der Waals surface area contributed by atoms with E-state index in [1.807, 2.05) is 0 Å². The van der Waals surface area contributed by atoms with E-state index in [9.17, 15) is 21.6 Å². The van der Waals surface area contributed by atoms with Crippen LogP contribution in [0.15, 0.2) is 29.2 Å². The number of nitrogens with zero attached hydrogens (tertiary/aromatic N) is 1. The highest BCUT2D eigenvalue weighted by Gasteiger charge is 2.41. The Bertz CT molecular complexity index is 650. The smallest absolute Gasteiger partial charge is 0.429 e. The maximum Gasteiger partial charge on any atom is 0.429 e. The molecule has 20 heavy (non-hydrogen) atoms. The average molecular weight is 307 g/mol. The van der Waals surface area contributed by atoms with Gasteiger partial charge in [-0.3, -0.25) is 0 Å². The Labute approximate surface area is 114 Å². The third-order valence-electron chi connectivity index (χ3n) is 2.79. The zero-order valence-corrected chi connectivity index (χ0v) is 11.5. The van der Waals surface area contributed by atoms with Crippen molar-refractivity contribution in [1.82, 2.24) is 4.31 Å². The van der Waals surface area contributed by atoms with Gasteiger partial charge < -0.3 is 4.74 Å². The standard InChI is InChI=1S/C12H12F3NO3S/c1-16(2)20(17,18)9-4-5-10-8(7-9)3-6-11(19-10)12(13,14)15/h3-7,11H,1-2H3/t11-/m0/s1. The van der Waals surface area contributed by atoms with E-state index in [0.29, 0.717) is 5.56 Å². The van der Waals surface area contributed by atoms with Crippen molar-refractivity contribution >= 4 is 16.1 Å². The first-order valence-corrected chi connectivity index (χ1v) is 7.04. The second-order valence-corrected chi connectivity index (χ2v) is 6.58. The molecule has 110 valence electrons. The molecule has 1 atom stereocenters. The predicted octanol–water partition coefficient (Wildman–Crippen LogP) is 2.27. The van der Waals surface area contributed by atoms with Crippen molar-refractivity contribution in [3.05, 3.63) is 29.8 Å². The monoisotopic (exact) mass is 307 g/mol. The molecule has 0 aliphatic carbocycles. The fourth-order valence-electron chi connectivity index (χ4n) is 1.68. The summed E-state index contributed by atoms with van der Waals surface area (Å²) in [6.45, 7) is 0. The van der Waals surface area contributed by atoms with Gasteiger partial charge in [0, 0.05) is 19.7 Å². The van der Waals surface area contributed by atoms with Crippen LogP contribution in [0.25, 0.3) is 6.08 Å². The molecule has 0 spiro atoms. The summed E-state index contributed by atoms with van der Waals surface area (Å²) < 4.78 is 67.3. The molecule has 0 saturated carbocycles. The Morgan fingerprint density at radius 1 is 1.25 bits per heavy atom. The van der Waals surface area contributed by atoms with Gasteiger partial charge in [0.2, 0.25) is 16.1 Å². The molecule has 8 heteroatoms. The van der Waals surface area contributed by atoms with E-state index < -0.39 is 22.3 Å². The van der Waals surface area contributed by atoms with E-state index in [1.54, 1.807) is 0 Å². The highest BCUT2D eigenvalue weighted by molar-refractivity contribution is 7.89. The number of alkyl halides is 3. The molecule has 0 radical (unpaired) electrons. The van der Waals surface area contributed by atoms with Gasteiger partial charge >= 0.3 is 6.18 Å². The van der Waals surface area contributed by atoms with Crippen molar-refractivity contribution in [3.63, 3.8) is 0 Å². The van der Waals surface area contributed by atoms with Gasteiger partial charge in [-0.15, -0.1) is 0 Å². The molecule has 1 aliphatic rings. The minimum absolute atomic E-state index is 0.0000383. The van der Waals surface area contributed by atoms with Gasteiger partial charge in [0.05, 0.1) is 4.90 Å². The molecular formula is C12H12F3NO3S. The minimum atomic E-state index is -4.50. The van der Waals surface area contributed by atoms with Crippen molar-refractivity contribution in [1.29, 1.82) is 0 Å². The lowest BCUT2D eigenvalue weighted by atomic mass is 10.1. The van der Waals surface area contributed by atoms with E-state index in [2.05, 4.69) is 0 Å². The lowest BCUT2D eigenvalue weighted by Crippen LogP contribution is -2.33. The van der Waals surface area contributed by atoms with Gasteiger partial charge in [-0.1, -0.05) is 6.08 Å². The Morgan fingerprint density at radius 2 is 1.90 bits per heavy atom. The van der Waals surface area contributed by atoms with Crippen LogP contribution in [0.2, 0.25) is 0 Å². The molecule has 2 rings (SSSR count). The first-order valence-electron chi connectivity index (χ1n) is 5.60. The van der Waals surface area contributed by atoms with Crippen LogP contribution in [0.5, 0.6) is 5.75 Å². The second-order valence-electron chi connectivity index (χ2n) is 4.43. The molecule has 0 unspecified atom stereocenters. The Balaban J connectivity index is 2.39. The summed E-state index contributed by atoms with van der Waals surface area (Å²) in [5.41, 5.74) is 0.299. The SMILES string of the molecule is CN(C)S(=O)(=O)c1ccc2c(c1)C=C[C@@H](C(F)(F)F)O2. The normalized spacial score (nSPS) is 18.8. The molecule has 1 aliphatic heterocycles. The average Bonchev–Trinajstić information content (AvgIpc) is 2.36. The largest absolute Gasteiger partial charge is 0.476 e. The molecule has 0 N–H and O–H groups in total. The number of halogens is 3. The van der Waals surface area contributed by atoms with Crippen LogP contribution in [0.3, 0.4) is 0 Å². The summed E-state index contributed by atoms with van der Waals surface area (Å²) in [6, 6.07) is 3.74. The molecule has 4 nitrogen and oxygen atoms in total. The molecule has 1 aromatic rings. The van der Waals surface area contributed by atoms with Gasteiger partial charge in [0.15, 0.2) is 0 Å². The predicted molar refractivity (Wildman–Crippen MR) is 66.8 cm³/mol. The van der Waals surface area contributed by atoms with E-state index in [0.717, 1.165) is 10.4 Å². The van der Waals surface area contributed by atoms with Crippen LogP contribution in [0.1, 0.15) is 5.56 Å². The van der Waals surface area contributed by atoms with Crippen LogP contribution in [-0.4, -0.2) is 39.1 Å². The minimum Gasteiger partial charge on any atom is -0.476 e. The number of hydrogen-bond donors (Lipinski definition) is 0. The quantitative estimate of drug-likeness (QED) is 0.842. The highest BCUT2D eigenvalue weighted by atomic mass is 32.2. The van der Waals surface area contributed by atoms with E-state index in [1.165, 1.54) is 38.4 Å². The van der Waals surface area contributed by atoms with Gasteiger partial charge in [0.1, 0.15) is 5.75 Å². The van der Waals surface area contributed by atoms with Gasteiger partial charge in [-0.05, 0) is 24.3 Å². The Hall–Kier alpha value is -1.54. The molecule has 1 aromatic carbocycles.